The van der Waals surface area contributed by atoms with Gasteiger partial charge in [0.1, 0.15) is 0 Å². The van der Waals surface area contributed by atoms with Crippen LogP contribution < -0.4 is 5.73 Å². The average molecular weight is 286 g/mol. The zero-order valence-electron chi connectivity index (χ0n) is 11.1. The van der Waals surface area contributed by atoms with Gasteiger partial charge in [0.15, 0.2) is 0 Å². The van der Waals surface area contributed by atoms with Gasteiger partial charge in [-0.1, -0.05) is 49.9 Å². The normalized spacial score (nSPS) is 27.2. The fraction of sp³-hybridized carbons (Fsp3) is 0.600. The zero-order valence-corrected chi connectivity index (χ0v) is 12.6. The van der Waals surface area contributed by atoms with Gasteiger partial charge in [-0.3, -0.25) is 0 Å². The van der Waals surface area contributed by atoms with E-state index in [1.54, 1.807) is 0 Å². The second-order valence-electron chi connectivity index (χ2n) is 6.16. The summed E-state index contributed by atoms with van der Waals surface area (Å²) in [5, 5.41) is 1.50. The summed E-state index contributed by atoms with van der Waals surface area (Å²) in [4.78, 5) is 0. The largest absolute Gasteiger partial charge is 0.324 e. The lowest BCUT2D eigenvalue weighted by molar-refractivity contribution is 0.0990. The van der Waals surface area contributed by atoms with Gasteiger partial charge < -0.3 is 5.73 Å². The molecule has 0 bridgehead atoms. The summed E-state index contributed by atoms with van der Waals surface area (Å²) in [5.74, 6) is 0. The molecule has 0 saturated heterocycles. The highest BCUT2D eigenvalue weighted by Crippen LogP contribution is 2.44. The topological polar surface area (TPSA) is 26.0 Å². The second-order valence-corrected chi connectivity index (χ2v) is 7.00. The molecule has 100 valence electrons. The SMILES string of the molecule is CC1(C)CCCCC1(N)Cc1cc(Cl)ccc1Cl. The van der Waals surface area contributed by atoms with Gasteiger partial charge in [-0.25, -0.2) is 0 Å². The molecule has 0 aromatic heterocycles. The maximum absolute atomic E-state index is 6.69. The van der Waals surface area contributed by atoms with Crippen LogP contribution in [0.15, 0.2) is 18.2 Å². The summed E-state index contributed by atoms with van der Waals surface area (Å²) in [5.41, 5.74) is 7.73. The van der Waals surface area contributed by atoms with Crippen molar-refractivity contribution in [3.05, 3.63) is 33.8 Å². The third-order valence-corrected chi connectivity index (χ3v) is 5.14. The van der Waals surface area contributed by atoms with Crippen molar-refractivity contribution < 1.29 is 0 Å². The van der Waals surface area contributed by atoms with E-state index in [0.29, 0.717) is 0 Å². The third-order valence-electron chi connectivity index (χ3n) is 4.54. The van der Waals surface area contributed by atoms with Crippen molar-refractivity contribution in [1.82, 2.24) is 0 Å². The van der Waals surface area contributed by atoms with Crippen molar-refractivity contribution in [1.29, 1.82) is 0 Å². The molecule has 1 aliphatic rings. The van der Waals surface area contributed by atoms with Crippen molar-refractivity contribution in [2.75, 3.05) is 0 Å². The molecule has 1 unspecified atom stereocenters. The molecule has 2 N–H and O–H groups in total. The molecule has 18 heavy (non-hydrogen) atoms. The highest BCUT2D eigenvalue weighted by Gasteiger charge is 2.43. The number of hydrogen-bond acceptors (Lipinski definition) is 1. The maximum atomic E-state index is 6.69. The molecule has 0 amide bonds. The molecule has 1 aromatic carbocycles. The van der Waals surface area contributed by atoms with Gasteiger partial charge in [-0.2, -0.15) is 0 Å². The zero-order chi connectivity index (χ0) is 13.4. The molecular weight excluding hydrogens is 265 g/mol. The van der Waals surface area contributed by atoms with Gasteiger partial charge in [-0.15, -0.1) is 0 Å². The molecule has 1 saturated carbocycles. The first-order chi connectivity index (χ1) is 8.34. The maximum Gasteiger partial charge on any atom is 0.0439 e. The summed E-state index contributed by atoms with van der Waals surface area (Å²) in [7, 11) is 0. The highest BCUT2D eigenvalue weighted by molar-refractivity contribution is 6.33. The Kier molecular flexibility index (Phi) is 3.96. The van der Waals surface area contributed by atoms with Crippen LogP contribution in [0, 0.1) is 5.41 Å². The van der Waals surface area contributed by atoms with Crippen LogP contribution in [0.5, 0.6) is 0 Å². The fourth-order valence-corrected chi connectivity index (χ4v) is 3.32. The smallest absolute Gasteiger partial charge is 0.0439 e. The second kappa shape index (κ2) is 5.03. The van der Waals surface area contributed by atoms with Crippen LogP contribution in [0.3, 0.4) is 0 Å². The standard InChI is InChI=1S/C15H21Cl2N/c1-14(2)7-3-4-8-15(14,18)10-11-9-12(16)5-6-13(11)17/h5-6,9H,3-4,7-8,10,18H2,1-2H3. The molecule has 1 fully saturated rings. The van der Waals surface area contributed by atoms with E-state index in [9.17, 15) is 0 Å². The van der Waals surface area contributed by atoms with E-state index in [4.69, 9.17) is 28.9 Å². The first-order valence-electron chi connectivity index (χ1n) is 6.57. The number of hydrogen-bond donors (Lipinski definition) is 1. The van der Waals surface area contributed by atoms with Crippen molar-refractivity contribution in [3.8, 4) is 0 Å². The summed E-state index contributed by atoms with van der Waals surface area (Å²) >= 11 is 12.3. The van der Waals surface area contributed by atoms with Gasteiger partial charge in [0, 0.05) is 15.6 Å². The number of nitrogens with two attached hydrogens (primary N) is 1. The van der Waals surface area contributed by atoms with E-state index in [1.165, 1.54) is 19.3 Å². The van der Waals surface area contributed by atoms with E-state index in [2.05, 4.69) is 13.8 Å². The van der Waals surface area contributed by atoms with Crippen molar-refractivity contribution in [2.24, 2.45) is 11.1 Å². The fourth-order valence-electron chi connectivity index (χ4n) is 2.94. The first kappa shape index (κ1) is 14.2. The molecule has 2 rings (SSSR count). The minimum atomic E-state index is -0.181. The van der Waals surface area contributed by atoms with Gasteiger partial charge in [-0.05, 0) is 48.4 Å². The van der Waals surface area contributed by atoms with Crippen molar-refractivity contribution in [2.45, 2.75) is 51.5 Å². The molecule has 0 radical (unpaired) electrons. The van der Waals surface area contributed by atoms with Crippen molar-refractivity contribution >= 4 is 23.2 Å². The van der Waals surface area contributed by atoms with E-state index in [1.807, 2.05) is 18.2 Å². The Balaban J connectivity index is 2.28. The van der Waals surface area contributed by atoms with Gasteiger partial charge >= 0.3 is 0 Å². The summed E-state index contributed by atoms with van der Waals surface area (Å²) in [6.07, 6.45) is 5.53. The lowest BCUT2D eigenvalue weighted by Gasteiger charge is -2.48. The quantitative estimate of drug-likeness (QED) is 0.827. The number of halogens is 2. The Morgan fingerprint density at radius 2 is 1.83 bits per heavy atom. The van der Waals surface area contributed by atoms with Gasteiger partial charge in [0.25, 0.3) is 0 Å². The Labute approximate surface area is 120 Å². The van der Waals surface area contributed by atoms with E-state index >= 15 is 0 Å². The third kappa shape index (κ3) is 2.68. The first-order valence-corrected chi connectivity index (χ1v) is 7.32. The molecule has 3 heteroatoms. The average Bonchev–Trinajstić information content (AvgIpc) is 2.28. The Bertz CT molecular complexity index is 442. The molecule has 0 heterocycles. The summed E-state index contributed by atoms with van der Waals surface area (Å²) in [6.45, 7) is 4.54. The van der Waals surface area contributed by atoms with Crippen LogP contribution in [0.1, 0.15) is 45.1 Å². The predicted molar refractivity (Wildman–Crippen MR) is 79.3 cm³/mol. The van der Waals surface area contributed by atoms with Crippen LogP contribution in [-0.4, -0.2) is 5.54 Å². The Hall–Kier alpha value is -0.240. The Morgan fingerprint density at radius 1 is 1.17 bits per heavy atom. The van der Waals surface area contributed by atoms with Crippen LogP contribution in [0.4, 0.5) is 0 Å². The minimum absolute atomic E-state index is 0.150. The monoisotopic (exact) mass is 285 g/mol. The highest BCUT2D eigenvalue weighted by atomic mass is 35.5. The van der Waals surface area contributed by atoms with Crippen molar-refractivity contribution in [3.63, 3.8) is 0 Å². The minimum Gasteiger partial charge on any atom is -0.324 e. The van der Waals surface area contributed by atoms with Crippen LogP contribution in [-0.2, 0) is 6.42 Å². The van der Waals surface area contributed by atoms with Gasteiger partial charge in [0.05, 0.1) is 0 Å². The lowest BCUT2D eigenvalue weighted by atomic mass is 9.61. The van der Waals surface area contributed by atoms with E-state index in [0.717, 1.165) is 28.5 Å². The molecular formula is C15H21Cl2N. The molecule has 1 atom stereocenters. The molecule has 1 aliphatic carbocycles. The van der Waals surface area contributed by atoms with Crippen LogP contribution in [0.2, 0.25) is 10.0 Å². The Morgan fingerprint density at radius 3 is 2.50 bits per heavy atom. The number of rotatable bonds is 2. The summed E-state index contributed by atoms with van der Waals surface area (Å²) in [6, 6.07) is 5.63. The van der Waals surface area contributed by atoms with E-state index < -0.39 is 0 Å². The summed E-state index contributed by atoms with van der Waals surface area (Å²) < 4.78 is 0. The molecule has 1 aromatic rings. The molecule has 0 spiro atoms. The van der Waals surface area contributed by atoms with Crippen LogP contribution >= 0.6 is 23.2 Å². The lowest BCUT2D eigenvalue weighted by Crippen LogP contribution is -2.56. The number of benzene rings is 1. The van der Waals surface area contributed by atoms with Gasteiger partial charge in [0.2, 0.25) is 0 Å². The van der Waals surface area contributed by atoms with E-state index in [-0.39, 0.29) is 11.0 Å². The van der Waals surface area contributed by atoms with Crippen LogP contribution in [0.25, 0.3) is 0 Å². The predicted octanol–water partition coefficient (Wildman–Crippen LogP) is 4.83. The molecule has 1 nitrogen and oxygen atoms in total. The molecule has 0 aliphatic heterocycles.